The van der Waals surface area contributed by atoms with Gasteiger partial charge in [-0.15, -0.1) is 5.10 Å². The predicted molar refractivity (Wildman–Crippen MR) is 43.1 cm³/mol. The summed E-state index contributed by atoms with van der Waals surface area (Å²) in [7, 11) is 1.92. The van der Waals surface area contributed by atoms with Crippen molar-refractivity contribution in [2.24, 2.45) is 7.05 Å². The second-order valence-corrected chi connectivity index (χ2v) is 2.51. The zero-order valence-corrected chi connectivity index (χ0v) is 6.56. The first-order valence-electron chi connectivity index (χ1n) is 3.47. The van der Waals surface area contributed by atoms with Crippen LogP contribution in [0.3, 0.4) is 0 Å². The van der Waals surface area contributed by atoms with Crippen molar-refractivity contribution in [2.45, 2.75) is 0 Å². The van der Waals surface area contributed by atoms with Gasteiger partial charge in [0.1, 0.15) is 0 Å². The van der Waals surface area contributed by atoms with Crippen LogP contribution < -0.4 is 5.73 Å². The van der Waals surface area contributed by atoms with Crippen molar-refractivity contribution in [2.75, 3.05) is 5.73 Å². The number of nitrogens with two attached hydrogens (primary N) is 1. The van der Waals surface area contributed by atoms with Gasteiger partial charge in [0.25, 0.3) is 5.89 Å². The summed E-state index contributed by atoms with van der Waals surface area (Å²) in [5, 5.41) is 7.30. The van der Waals surface area contributed by atoms with Crippen LogP contribution in [-0.4, -0.2) is 14.8 Å². The van der Waals surface area contributed by atoms with Gasteiger partial charge < -0.3 is 14.7 Å². The number of hydrogen-bond donors (Lipinski definition) is 1. The molecule has 2 aromatic rings. The second-order valence-electron chi connectivity index (χ2n) is 2.51. The second kappa shape index (κ2) is 2.37. The van der Waals surface area contributed by atoms with E-state index < -0.39 is 0 Å². The smallest absolute Gasteiger partial charge is 0.313 e. The highest BCUT2D eigenvalue weighted by molar-refractivity contribution is 5.51. The molecule has 2 rings (SSSR count). The zero-order valence-electron chi connectivity index (χ0n) is 6.56. The summed E-state index contributed by atoms with van der Waals surface area (Å²) in [6.07, 6.45) is 3.78. The van der Waals surface area contributed by atoms with Crippen molar-refractivity contribution >= 4 is 6.01 Å². The maximum Gasteiger partial charge on any atom is 0.313 e. The third kappa shape index (κ3) is 1.05. The Morgan fingerprint density at radius 1 is 1.50 bits per heavy atom. The van der Waals surface area contributed by atoms with Crippen LogP contribution in [0.2, 0.25) is 0 Å². The van der Waals surface area contributed by atoms with E-state index in [2.05, 4.69) is 10.2 Å². The predicted octanol–water partition coefficient (Wildman–Crippen LogP) is 0.657. The first kappa shape index (κ1) is 6.90. The molecule has 0 saturated carbocycles. The Kier molecular flexibility index (Phi) is 1.36. The van der Waals surface area contributed by atoms with Crippen LogP contribution in [0.15, 0.2) is 22.9 Å². The van der Waals surface area contributed by atoms with Gasteiger partial charge in [0.05, 0.1) is 5.56 Å². The molecule has 12 heavy (non-hydrogen) atoms. The highest BCUT2D eigenvalue weighted by Gasteiger charge is 2.05. The summed E-state index contributed by atoms with van der Waals surface area (Å²) in [6.45, 7) is 0. The van der Waals surface area contributed by atoms with Gasteiger partial charge in [-0.25, -0.2) is 0 Å². The maximum atomic E-state index is 5.28. The van der Waals surface area contributed by atoms with Crippen LogP contribution in [0.1, 0.15) is 0 Å². The minimum absolute atomic E-state index is 0.0915. The lowest BCUT2D eigenvalue weighted by Gasteiger charge is -1.85. The maximum absolute atomic E-state index is 5.28. The molecule has 0 aliphatic heterocycles. The molecular formula is C7H8N4O. The van der Waals surface area contributed by atoms with Gasteiger partial charge in [0.15, 0.2) is 0 Å². The topological polar surface area (TPSA) is 69.9 Å². The zero-order chi connectivity index (χ0) is 8.55. The first-order valence-corrected chi connectivity index (χ1v) is 3.47. The Labute approximate surface area is 68.8 Å². The molecule has 5 nitrogen and oxygen atoms in total. The third-order valence-electron chi connectivity index (χ3n) is 1.52. The van der Waals surface area contributed by atoms with E-state index >= 15 is 0 Å². The minimum atomic E-state index is 0.0915. The number of aryl methyl sites for hydroxylation is 1. The number of aromatic nitrogens is 3. The van der Waals surface area contributed by atoms with Crippen molar-refractivity contribution in [3.8, 4) is 11.5 Å². The Bertz CT molecular complexity index is 351. The van der Waals surface area contributed by atoms with Crippen molar-refractivity contribution in [3.05, 3.63) is 18.5 Å². The van der Waals surface area contributed by atoms with Crippen molar-refractivity contribution in [1.29, 1.82) is 0 Å². The minimum Gasteiger partial charge on any atom is -0.404 e. The fraction of sp³-hybridized carbons (Fsp3) is 0.143. The lowest BCUT2D eigenvalue weighted by atomic mass is 10.3. The lowest BCUT2D eigenvalue weighted by molar-refractivity contribution is 0.590. The average molecular weight is 164 g/mol. The fourth-order valence-electron chi connectivity index (χ4n) is 0.981. The van der Waals surface area contributed by atoms with E-state index in [0.717, 1.165) is 5.56 Å². The molecular weight excluding hydrogens is 156 g/mol. The average Bonchev–Trinajstić information content (AvgIpc) is 2.58. The van der Waals surface area contributed by atoms with Gasteiger partial charge in [0, 0.05) is 19.4 Å². The summed E-state index contributed by atoms with van der Waals surface area (Å²) < 4.78 is 6.92. The van der Waals surface area contributed by atoms with E-state index in [1.54, 1.807) is 0 Å². The van der Waals surface area contributed by atoms with Gasteiger partial charge in [-0.1, -0.05) is 5.10 Å². The molecule has 62 valence electrons. The molecule has 0 amide bonds. The summed E-state index contributed by atoms with van der Waals surface area (Å²) in [5.41, 5.74) is 6.15. The highest BCUT2D eigenvalue weighted by Crippen LogP contribution is 2.17. The molecule has 0 aliphatic rings. The SMILES string of the molecule is Cn1ccc(-c2nnc(N)o2)c1. The van der Waals surface area contributed by atoms with Crippen LogP contribution >= 0.6 is 0 Å². The number of rotatable bonds is 1. The van der Waals surface area contributed by atoms with E-state index in [0.29, 0.717) is 5.89 Å². The van der Waals surface area contributed by atoms with Gasteiger partial charge in [-0.05, 0) is 6.07 Å². The van der Waals surface area contributed by atoms with Crippen molar-refractivity contribution in [1.82, 2.24) is 14.8 Å². The third-order valence-corrected chi connectivity index (χ3v) is 1.52. The van der Waals surface area contributed by atoms with Crippen LogP contribution in [0.25, 0.3) is 11.5 Å². The molecule has 2 aromatic heterocycles. The van der Waals surface area contributed by atoms with Crippen LogP contribution in [0.5, 0.6) is 0 Å². The van der Waals surface area contributed by atoms with E-state index in [1.165, 1.54) is 0 Å². The van der Waals surface area contributed by atoms with Gasteiger partial charge in [0.2, 0.25) is 0 Å². The summed E-state index contributed by atoms with van der Waals surface area (Å²) >= 11 is 0. The molecule has 0 aromatic carbocycles. The quantitative estimate of drug-likeness (QED) is 0.672. The number of nitrogens with zero attached hydrogens (tertiary/aromatic N) is 3. The van der Waals surface area contributed by atoms with E-state index in [4.69, 9.17) is 10.2 Å². The number of nitrogen functional groups attached to an aromatic ring is 1. The molecule has 0 unspecified atom stereocenters. The molecule has 5 heteroatoms. The van der Waals surface area contributed by atoms with Crippen molar-refractivity contribution < 1.29 is 4.42 Å². The van der Waals surface area contributed by atoms with Gasteiger partial charge >= 0.3 is 6.01 Å². The number of hydrogen-bond acceptors (Lipinski definition) is 4. The first-order chi connectivity index (χ1) is 5.75. The molecule has 0 saturated heterocycles. The molecule has 0 spiro atoms. The summed E-state index contributed by atoms with van der Waals surface area (Å²) in [6, 6.07) is 1.97. The van der Waals surface area contributed by atoms with E-state index in [1.807, 2.05) is 30.1 Å². The van der Waals surface area contributed by atoms with Crippen LogP contribution in [0.4, 0.5) is 6.01 Å². The lowest BCUT2D eigenvalue weighted by Crippen LogP contribution is -1.81. The van der Waals surface area contributed by atoms with Gasteiger partial charge in [-0.2, -0.15) is 0 Å². The molecule has 2 heterocycles. The fourth-order valence-corrected chi connectivity index (χ4v) is 0.981. The Hall–Kier alpha value is -1.78. The Morgan fingerprint density at radius 2 is 2.33 bits per heavy atom. The molecule has 0 bridgehead atoms. The number of anilines is 1. The van der Waals surface area contributed by atoms with E-state index in [9.17, 15) is 0 Å². The summed E-state index contributed by atoms with van der Waals surface area (Å²) in [4.78, 5) is 0. The molecule has 0 aliphatic carbocycles. The molecule has 0 atom stereocenters. The standard InChI is InChI=1S/C7H8N4O/c1-11-3-2-5(4-11)6-9-10-7(8)12-6/h2-4H,1H3,(H2,8,10). The molecule has 0 fully saturated rings. The monoisotopic (exact) mass is 164 g/mol. The Morgan fingerprint density at radius 3 is 2.83 bits per heavy atom. The van der Waals surface area contributed by atoms with Crippen molar-refractivity contribution in [3.63, 3.8) is 0 Å². The van der Waals surface area contributed by atoms with E-state index in [-0.39, 0.29) is 6.01 Å². The Balaban J connectivity index is 2.43. The van der Waals surface area contributed by atoms with Gasteiger partial charge in [-0.3, -0.25) is 0 Å². The largest absolute Gasteiger partial charge is 0.404 e. The highest BCUT2D eigenvalue weighted by atomic mass is 16.4. The normalized spacial score (nSPS) is 10.4. The molecule has 2 N–H and O–H groups in total. The summed E-state index contributed by atoms with van der Waals surface area (Å²) in [5.74, 6) is 0.452. The van der Waals surface area contributed by atoms with Crippen LogP contribution in [0, 0.1) is 0 Å². The molecule has 0 radical (unpaired) electrons. The van der Waals surface area contributed by atoms with Crippen LogP contribution in [-0.2, 0) is 7.05 Å².